The quantitative estimate of drug-likeness (QED) is 0.628. The van der Waals surface area contributed by atoms with E-state index in [9.17, 15) is 4.79 Å². The summed E-state index contributed by atoms with van der Waals surface area (Å²) in [6.07, 6.45) is 5.38. The van der Waals surface area contributed by atoms with Gasteiger partial charge in [0.05, 0.1) is 16.0 Å². The summed E-state index contributed by atoms with van der Waals surface area (Å²) in [5, 5.41) is 1.94. The molecule has 0 bridgehead atoms. The summed E-state index contributed by atoms with van der Waals surface area (Å²) in [6.45, 7) is 7.54. The minimum absolute atomic E-state index is 0.201. The largest absolute Gasteiger partial charge is 0.359 e. The van der Waals surface area contributed by atoms with Gasteiger partial charge in [-0.25, -0.2) is 0 Å². The molecule has 1 N–H and O–H groups in total. The fraction of sp³-hybridized carbons (Fsp3) is 0.320. The zero-order chi connectivity index (χ0) is 20.9. The Hall–Kier alpha value is -2.56. The van der Waals surface area contributed by atoms with Crippen LogP contribution in [0.1, 0.15) is 31.4 Å². The Bertz CT molecular complexity index is 1160. The number of carbonyl (C=O) groups excluding carboxylic acids is 1. The number of nitrogens with zero attached hydrogens (tertiary/aromatic N) is 2. The fourth-order valence-electron chi connectivity index (χ4n) is 4.80. The van der Waals surface area contributed by atoms with E-state index in [4.69, 9.17) is 11.6 Å². The molecular weight excluding hydrogens is 394 g/mol. The van der Waals surface area contributed by atoms with Crippen LogP contribution in [-0.2, 0) is 10.2 Å². The van der Waals surface area contributed by atoms with Crippen molar-refractivity contribution in [1.29, 1.82) is 0 Å². The van der Waals surface area contributed by atoms with Gasteiger partial charge in [0.25, 0.3) is 0 Å². The minimum Gasteiger partial charge on any atom is -0.359 e. The van der Waals surface area contributed by atoms with Gasteiger partial charge in [0.15, 0.2) is 0 Å². The van der Waals surface area contributed by atoms with Crippen molar-refractivity contribution in [3.05, 3.63) is 70.9 Å². The van der Waals surface area contributed by atoms with Crippen LogP contribution in [0, 0.1) is 0 Å². The van der Waals surface area contributed by atoms with Crippen molar-refractivity contribution in [1.82, 2.24) is 9.88 Å². The van der Waals surface area contributed by atoms with Gasteiger partial charge in [-0.1, -0.05) is 48.0 Å². The SMILES string of the molecule is CC1(C)C(=O)N(CCN2CC=C(c3c[nH]c4c(Cl)cccc34)CC2)c2ccccc21. The third kappa shape index (κ3) is 3.06. The molecule has 30 heavy (non-hydrogen) atoms. The first kappa shape index (κ1) is 19.4. The lowest BCUT2D eigenvalue weighted by atomic mass is 9.86. The second kappa shape index (κ2) is 7.29. The normalized spacial score (nSPS) is 18.7. The van der Waals surface area contributed by atoms with Crippen LogP contribution in [0.15, 0.2) is 54.7 Å². The summed E-state index contributed by atoms with van der Waals surface area (Å²) in [5.74, 6) is 0.201. The Morgan fingerprint density at radius 2 is 1.93 bits per heavy atom. The van der Waals surface area contributed by atoms with E-state index in [2.05, 4.69) is 40.4 Å². The summed E-state index contributed by atoms with van der Waals surface area (Å²) >= 11 is 6.31. The monoisotopic (exact) mass is 419 g/mol. The number of para-hydroxylation sites is 2. The van der Waals surface area contributed by atoms with E-state index in [-0.39, 0.29) is 5.91 Å². The summed E-state index contributed by atoms with van der Waals surface area (Å²) in [5.41, 5.74) is 5.37. The number of benzene rings is 2. The highest BCUT2D eigenvalue weighted by molar-refractivity contribution is 6.35. The maximum Gasteiger partial charge on any atom is 0.237 e. The van der Waals surface area contributed by atoms with Crippen LogP contribution in [0.25, 0.3) is 16.5 Å². The van der Waals surface area contributed by atoms with E-state index in [0.29, 0.717) is 0 Å². The number of hydrogen-bond donors (Lipinski definition) is 1. The van der Waals surface area contributed by atoms with E-state index < -0.39 is 5.41 Å². The fourth-order valence-corrected chi connectivity index (χ4v) is 5.03. The average molecular weight is 420 g/mol. The van der Waals surface area contributed by atoms with Crippen LogP contribution in [-0.4, -0.2) is 42.0 Å². The zero-order valence-electron chi connectivity index (χ0n) is 17.4. The number of anilines is 1. The molecule has 0 radical (unpaired) electrons. The van der Waals surface area contributed by atoms with Crippen LogP contribution in [0.2, 0.25) is 5.02 Å². The molecule has 0 saturated heterocycles. The standard InChI is InChI=1S/C25H26ClN3O/c1-25(2)20-7-3-4-9-22(20)29(24(25)30)15-14-28-12-10-17(11-13-28)19-16-27-23-18(19)6-5-8-21(23)26/h3-10,16,27H,11-15H2,1-2H3. The van der Waals surface area contributed by atoms with Crippen LogP contribution < -0.4 is 4.90 Å². The van der Waals surface area contributed by atoms with Gasteiger partial charge in [-0.15, -0.1) is 0 Å². The van der Waals surface area contributed by atoms with E-state index in [0.717, 1.165) is 54.4 Å². The van der Waals surface area contributed by atoms with Gasteiger partial charge in [-0.2, -0.15) is 0 Å². The summed E-state index contributed by atoms with van der Waals surface area (Å²) < 4.78 is 0. The molecule has 5 rings (SSSR count). The molecule has 0 atom stereocenters. The second-order valence-electron chi connectivity index (χ2n) is 8.74. The lowest BCUT2D eigenvalue weighted by Crippen LogP contribution is -2.42. The Balaban J connectivity index is 1.28. The molecule has 0 aliphatic carbocycles. The Kier molecular flexibility index (Phi) is 4.72. The Morgan fingerprint density at radius 3 is 2.73 bits per heavy atom. The van der Waals surface area contributed by atoms with Crippen molar-refractivity contribution < 1.29 is 4.79 Å². The summed E-state index contributed by atoms with van der Waals surface area (Å²) in [4.78, 5) is 20.7. The van der Waals surface area contributed by atoms with Crippen molar-refractivity contribution in [2.45, 2.75) is 25.7 Å². The van der Waals surface area contributed by atoms with Crippen LogP contribution in [0.5, 0.6) is 0 Å². The highest BCUT2D eigenvalue weighted by Gasteiger charge is 2.43. The number of nitrogens with one attached hydrogen (secondary N) is 1. The molecule has 0 spiro atoms. The van der Waals surface area contributed by atoms with E-state index in [1.807, 2.05) is 43.0 Å². The van der Waals surface area contributed by atoms with Gasteiger partial charge in [0.2, 0.25) is 5.91 Å². The molecule has 4 nitrogen and oxygen atoms in total. The maximum atomic E-state index is 13.0. The van der Waals surface area contributed by atoms with Crippen molar-refractivity contribution in [2.24, 2.45) is 0 Å². The van der Waals surface area contributed by atoms with Gasteiger partial charge in [0, 0.05) is 49.0 Å². The molecule has 0 unspecified atom stereocenters. The minimum atomic E-state index is -0.442. The maximum absolute atomic E-state index is 13.0. The predicted octanol–water partition coefficient (Wildman–Crippen LogP) is 5.23. The molecule has 2 aromatic carbocycles. The molecule has 154 valence electrons. The number of halogens is 1. The Labute approximate surface area is 182 Å². The van der Waals surface area contributed by atoms with Crippen LogP contribution in [0.4, 0.5) is 5.69 Å². The number of aromatic nitrogens is 1. The zero-order valence-corrected chi connectivity index (χ0v) is 18.2. The first-order valence-corrected chi connectivity index (χ1v) is 10.9. The molecule has 3 heterocycles. The first-order valence-electron chi connectivity index (χ1n) is 10.6. The van der Waals surface area contributed by atoms with Gasteiger partial charge in [-0.3, -0.25) is 9.69 Å². The number of fused-ring (bicyclic) bond motifs is 2. The number of hydrogen-bond acceptors (Lipinski definition) is 2. The third-order valence-electron chi connectivity index (χ3n) is 6.59. The smallest absolute Gasteiger partial charge is 0.237 e. The van der Waals surface area contributed by atoms with Gasteiger partial charge in [0.1, 0.15) is 0 Å². The second-order valence-corrected chi connectivity index (χ2v) is 9.15. The van der Waals surface area contributed by atoms with Crippen LogP contribution >= 0.6 is 11.6 Å². The predicted molar refractivity (Wildman–Crippen MR) is 124 cm³/mol. The lowest BCUT2D eigenvalue weighted by Gasteiger charge is -2.29. The number of aromatic amines is 1. The molecule has 0 fully saturated rings. The average Bonchev–Trinajstić information content (AvgIpc) is 3.27. The number of H-pyrrole nitrogens is 1. The van der Waals surface area contributed by atoms with Gasteiger partial charge < -0.3 is 9.88 Å². The third-order valence-corrected chi connectivity index (χ3v) is 6.91. The number of amides is 1. The van der Waals surface area contributed by atoms with Crippen LogP contribution in [0.3, 0.4) is 0 Å². The molecule has 2 aliphatic heterocycles. The number of rotatable bonds is 4. The van der Waals surface area contributed by atoms with Gasteiger partial charge in [-0.05, 0) is 43.5 Å². The first-order chi connectivity index (χ1) is 14.5. The van der Waals surface area contributed by atoms with E-state index >= 15 is 0 Å². The summed E-state index contributed by atoms with van der Waals surface area (Å²) in [7, 11) is 0. The molecule has 1 aromatic heterocycles. The van der Waals surface area contributed by atoms with Crippen molar-refractivity contribution >= 4 is 39.7 Å². The van der Waals surface area contributed by atoms with Crippen molar-refractivity contribution in [2.75, 3.05) is 31.1 Å². The topological polar surface area (TPSA) is 39.3 Å². The van der Waals surface area contributed by atoms with Gasteiger partial charge >= 0.3 is 0 Å². The molecule has 1 amide bonds. The Morgan fingerprint density at radius 1 is 1.10 bits per heavy atom. The molecule has 0 saturated carbocycles. The highest BCUT2D eigenvalue weighted by Crippen LogP contribution is 2.41. The van der Waals surface area contributed by atoms with E-state index in [1.165, 1.54) is 16.5 Å². The van der Waals surface area contributed by atoms with Crippen molar-refractivity contribution in [3.63, 3.8) is 0 Å². The highest BCUT2D eigenvalue weighted by atomic mass is 35.5. The lowest BCUT2D eigenvalue weighted by molar-refractivity contribution is -0.122. The molecule has 3 aromatic rings. The molecular formula is C25H26ClN3O. The summed E-state index contributed by atoms with van der Waals surface area (Å²) in [6, 6.07) is 14.2. The van der Waals surface area contributed by atoms with E-state index in [1.54, 1.807) is 0 Å². The molecule has 2 aliphatic rings. The van der Waals surface area contributed by atoms with Crippen molar-refractivity contribution in [3.8, 4) is 0 Å². The molecule has 5 heteroatoms. The number of carbonyl (C=O) groups is 1.